The number of aromatic amines is 1. The number of hydrogen-bond donors (Lipinski definition) is 2. The minimum Gasteiger partial charge on any atom is -0.341 e. The lowest BCUT2D eigenvalue weighted by Gasteiger charge is -2.04. The van der Waals surface area contributed by atoms with E-state index in [0.717, 1.165) is 29.7 Å². The third-order valence-corrected chi connectivity index (χ3v) is 2.68. The lowest BCUT2D eigenvalue weighted by Crippen LogP contribution is -2.11. The van der Waals surface area contributed by atoms with Crippen molar-refractivity contribution in [2.75, 3.05) is 0 Å². The third kappa shape index (κ3) is 1.88. The van der Waals surface area contributed by atoms with Crippen molar-refractivity contribution in [1.29, 1.82) is 0 Å². The van der Waals surface area contributed by atoms with Gasteiger partial charge in [0.25, 0.3) is 0 Å². The van der Waals surface area contributed by atoms with Crippen molar-refractivity contribution in [3.05, 3.63) is 29.6 Å². The molecule has 0 fully saturated rings. The van der Waals surface area contributed by atoms with E-state index in [9.17, 15) is 0 Å². The highest BCUT2D eigenvalue weighted by Crippen LogP contribution is 2.19. The molecule has 3 nitrogen and oxygen atoms in total. The fraction of sp³-hybridized carbons (Fsp3) is 0.417. The summed E-state index contributed by atoms with van der Waals surface area (Å²) in [6, 6.07) is 6.17. The molecule has 0 radical (unpaired) electrons. The summed E-state index contributed by atoms with van der Waals surface area (Å²) in [6.45, 7) is 4.20. The van der Waals surface area contributed by atoms with Crippen LogP contribution in [0.1, 0.15) is 37.2 Å². The molecule has 2 rings (SSSR count). The Balaban J connectivity index is 2.43. The van der Waals surface area contributed by atoms with E-state index in [1.54, 1.807) is 0 Å². The molecule has 0 aliphatic heterocycles. The largest absolute Gasteiger partial charge is 0.341 e. The number of rotatable bonds is 3. The SMILES string of the molecule is CCC[C@H](N)c1nc2c(C)cccc2[nH]1. The minimum atomic E-state index is 0.0294. The van der Waals surface area contributed by atoms with Crippen molar-refractivity contribution in [3.63, 3.8) is 0 Å². The molecule has 0 bridgehead atoms. The molecule has 80 valence electrons. The Bertz CT molecular complexity index is 459. The summed E-state index contributed by atoms with van der Waals surface area (Å²) in [7, 11) is 0. The maximum Gasteiger partial charge on any atom is 0.124 e. The average Bonchev–Trinajstić information content (AvgIpc) is 2.63. The first kappa shape index (κ1) is 10.2. The predicted molar refractivity (Wildman–Crippen MR) is 62.7 cm³/mol. The maximum absolute atomic E-state index is 6.03. The Morgan fingerprint density at radius 3 is 2.93 bits per heavy atom. The summed E-state index contributed by atoms with van der Waals surface area (Å²) < 4.78 is 0. The van der Waals surface area contributed by atoms with E-state index in [2.05, 4.69) is 29.9 Å². The second-order valence-electron chi connectivity index (χ2n) is 3.99. The van der Waals surface area contributed by atoms with Crippen molar-refractivity contribution < 1.29 is 0 Å². The van der Waals surface area contributed by atoms with E-state index in [-0.39, 0.29) is 6.04 Å². The summed E-state index contributed by atoms with van der Waals surface area (Å²) >= 11 is 0. The Kier molecular flexibility index (Phi) is 2.73. The molecule has 1 aromatic heterocycles. The van der Waals surface area contributed by atoms with E-state index in [0.29, 0.717) is 0 Å². The maximum atomic E-state index is 6.03. The van der Waals surface area contributed by atoms with Crippen LogP contribution in [-0.2, 0) is 0 Å². The smallest absolute Gasteiger partial charge is 0.124 e. The summed E-state index contributed by atoms with van der Waals surface area (Å²) in [5.41, 5.74) is 9.34. The van der Waals surface area contributed by atoms with Crippen LogP contribution in [-0.4, -0.2) is 9.97 Å². The van der Waals surface area contributed by atoms with Gasteiger partial charge in [0, 0.05) is 0 Å². The van der Waals surface area contributed by atoms with E-state index in [4.69, 9.17) is 5.73 Å². The van der Waals surface area contributed by atoms with Gasteiger partial charge >= 0.3 is 0 Å². The molecule has 0 saturated carbocycles. The highest BCUT2D eigenvalue weighted by molar-refractivity contribution is 5.78. The number of benzene rings is 1. The predicted octanol–water partition coefficient (Wildman–Crippen LogP) is 2.67. The Labute approximate surface area is 89.7 Å². The van der Waals surface area contributed by atoms with E-state index in [1.165, 1.54) is 5.56 Å². The molecule has 0 saturated heterocycles. The van der Waals surface area contributed by atoms with Crippen LogP contribution in [0.4, 0.5) is 0 Å². The van der Waals surface area contributed by atoms with Gasteiger partial charge in [-0.05, 0) is 25.0 Å². The van der Waals surface area contributed by atoms with Gasteiger partial charge in [0.2, 0.25) is 0 Å². The molecule has 2 aromatic rings. The lowest BCUT2D eigenvalue weighted by molar-refractivity contribution is 0.610. The van der Waals surface area contributed by atoms with Gasteiger partial charge in [0.1, 0.15) is 5.82 Å². The van der Waals surface area contributed by atoms with Gasteiger partial charge in [-0.1, -0.05) is 25.5 Å². The first-order valence-corrected chi connectivity index (χ1v) is 5.43. The molecule has 0 amide bonds. The number of aryl methyl sites for hydroxylation is 1. The van der Waals surface area contributed by atoms with Crippen LogP contribution in [0.5, 0.6) is 0 Å². The molecule has 1 atom stereocenters. The van der Waals surface area contributed by atoms with Gasteiger partial charge in [-0.2, -0.15) is 0 Å². The van der Waals surface area contributed by atoms with Gasteiger partial charge in [-0.3, -0.25) is 0 Å². The molecular weight excluding hydrogens is 186 g/mol. The van der Waals surface area contributed by atoms with Crippen molar-refractivity contribution in [3.8, 4) is 0 Å². The van der Waals surface area contributed by atoms with Crippen LogP contribution in [0, 0.1) is 6.92 Å². The Morgan fingerprint density at radius 1 is 1.47 bits per heavy atom. The normalized spacial score (nSPS) is 13.3. The summed E-state index contributed by atoms with van der Waals surface area (Å²) in [5, 5.41) is 0. The van der Waals surface area contributed by atoms with Gasteiger partial charge in [-0.25, -0.2) is 4.98 Å². The first-order valence-electron chi connectivity index (χ1n) is 5.43. The number of para-hydroxylation sites is 1. The van der Waals surface area contributed by atoms with E-state index >= 15 is 0 Å². The molecule has 3 heteroatoms. The van der Waals surface area contributed by atoms with Crippen molar-refractivity contribution in [1.82, 2.24) is 9.97 Å². The first-order chi connectivity index (χ1) is 7.22. The fourth-order valence-corrected chi connectivity index (χ4v) is 1.82. The zero-order valence-electron chi connectivity index (χ0n) is 9.25. The van der Waals surface area contributed by atoms with E-state index < -0.39 is 0 Å². The standard InChI is InChI=1S/C12H17N3/c1-3-5-9(13)12-14-10-7-4-6-8(2)11(10)15-12/h4,6-7,9H,3,5,13H2,1-2H3,(H,14,15)/t9-/m0/s1. The minimum absolute atomic E-state index is 0.0294. The number of nitrogens with one attached hydrogen (secondary N) is 1. The molecular formula is C12H17N3. The van der Waals surface area contributed by atoms with Crippen LogP contribution in [0.15, 0.2) is 18.2 Å². The van der Waals surface area contributed by atoms with Crippen LogP contribution in [0.25, 0.3) is 11.0 Å². The molecule has 0 spiro atoms. The van der Waals surface area contributed by atoms with Crippen molar-refractivity contribution in [2.24, 2.45) is 5.73 Å². The van der Waals surface area contributed by atoms with Crippen LogP contribution in [0.2, 0.25) is 0 Å². The number of imidazole rings is 1. The highest BCUT2D eigenvalue weighted by atomic mass is 15.0. The van der Waals surface area contributed by atoms with Gasteiger partial charge < -0.3 is 10.7 Å². The van der Waals surface area contributed by atoms with E-state index in [1.807, 2.05) is 12.1 Å². The molecule has 0 aliphatic carbocycles. The number of aromatic nitrogens is 2. The zero-order valence-corrected chi connectivity index (χ0v) is 9.25. The number of fused-ring (bicyclic) bond motifs is 1. The number of nitrogens with zero attached hydrogens (tertiary/aromatic N) is 1. The zero-order chi connectivity index (χ0) is 10.8. The van der Waals surface area contributed by atoms with Crippen LogP contribution in [0.3, 0.4) is 0 Å². The summed E-state index contributed by atoms with van der Waals surface area (Å²) in [6.07, 6.45) is 2.05. The van der Waals surface area contributed by atoms with Crippen LogP contribution >= 0.6 is 0 Å². The van der Waals surface area contributed by atoms with Gasteiger partial charge in [0.05, 0.1) is 17.1 Å². The fourth-order valence-electron chi connectivity index (χ4n) is 1.82. The number of H-pyrrole nitrogens is 1. The lowest BCUT2D eigenvalue weighted by atomic mass is 10.2. The van der Waals surface area contributed by atoms with Gasteiger partial charge in [0.15, 0.2) is 0 Å². The molecule has 3 N–H and O–H groups in total. The van der Waals surface area contributed by atoms with Crippen molar-refractivity contribution in [2.45, 2.75) is 32.7 Å². The summed E-state index contributed by atoms with van der Waals surface area (Å²) in [5.74, 6) is 0.904. The molecule has 0 aliphatic rings. The molecule has 1 aromatic carbocycles. The third-order valence-electron chi connectivity index (χ3n) is 2.68. The molecule has 15 heavy (non-hydrogen) atoms. The number of nitrogens with two attached hydrogens (primary N) is 1. The average molecular weight is 203 g/mol. The van der Waals surface area contributed by atoms with Crippen molar-refractivity contribution >= 4 is 11.0 Å². The monoisotopic (exact) mass is 203 g/mol. The second kappa shape index (κ2) is 4.03. The number of hydrogen-bond acceptors (Lipinski definition) is 2. The molecule has 1 heterocycles. The van der Waals surface area contributed by atoms with Gasteiger partial charge in [-0.15, -0.1) is 0 Å². The quantitative estimate of drug-likeness (QED) is 0.805. The molecule has 0 unspecified atom stereocenters. The summed E-state index contributed by atoms with van der Waals surface area (Å²) in [4.78, 5) is 7.84. The topological polar surface area (TPSA) is 54.7 Å². The highest BCUT2D eigenvalue weighted by Gasteiger charge is 2.10. The Morgan fingerprint density at radius 2 is 2.27 bits per heavy atom. The van der Waals surface area contributed by atoms with Crippen LogP contribution < -0.4 is 5.73 Å². The Hall–Kier alpha value is -1.35. The second-order valence-corrected chi connectivity index (χ2v) is 3.99.